The van der Waals surface area contributed by atoms with Gasteiger partial charge in [0, 0.05) is 18.1 Å². The van der Waals surface area contributed by atoms with E-state index in [4.69, 9.17) is 4.74 Å². The smallest absolute Gasteiger partial charge is 0.266 e. The first-order valence-electron chi connectivity index (χ1n) is 8.34. The van der Waals surface area contributed by atoms with Gasteiger partial charge in [-0.2, -0.15) is 9.50 Å². The van der Waals surface area contributed by atoms with Crippen molar-refractivity contribution in [2.24, 2.45) is 0 Å². The number of thioether (sulfide) groups is 1. The summed E-state index contributed by atoms with van der Waals surface area (Å²) in [5.74, 6) is 2.14. The molecule has 0 saturated carbocycles. The van der Waals surface area contributed by atoms with E-state index in [9.17, 15) is 4.79 Å². The molecule has 0 bridgehead atoms. The van der Waals surface area contributed by atoms with Crippen molar-refractivity contribution in [1.29, 1.82) is 0 Å². The van der Waals surface area contributed by atoms with E-state index in [1.54, 1.807) is 33.2 Å². The second kappa shape index (κ2) is 6.80. The van der Waals surface area contributed by atoms with Crippen LogP contribution in [0.5, 0.6) is 5.75 Å². The van der Waals surface area contributed by atoms with Crippen molar-refractivity contribution < 1.29 is 4.74 Å². The third-order valence-electron chi connectivity index (χ3n) is 3.91. The highest BCUT2D eigenvalue weighted by molar-refractivity contribution is 7.99. The van der Waals surface area contributed by atoms with Gasteiger partial charge in [-0.05, 0) is 43.0 Å². The average molecular weight is 367 g/mol. The lowest BCUT2D eigenvalue weighted by Gasteiger charge is -2.09. The van der Waals surface area contributed by atoms with Crippen LogP contribution in [0.2, 0.25) is 0 Å². The molecule has 7 nitrogen and oxygen atoms in total. The molecule has 3 aromatic heterocycles. The third kappa shape index (κ3) is 2.82. The highest BCUT2D eigenvalue weighted by Gasteiger charge is 2.12. The van der Waals surface area contributed by atoms with Crippen molar-refractivity contribution in [3.63, 3.8) is 0 Å². The molecule has 0 radical (unpaired) electrons. The Hall–Kier alpha value is -2.87. The van der Waals surface area contributed by atoms with Crippen LogP contribution in [-0.4, -0.2) is 36.5 Å². The molecule has 0 fully saturated rings. The minimum absolute atomic E-state index is 0.152. The van der Waals surface area contributed by atoms with Gasteiger partial charge in [0.05, 0.1) is 17.5 Å². The number of rotatable bonds is 5. The number of fused-ring (bicyclic) bond motifs is 3. The van der Waals surface area contributed by atoms with E-state index >= 15 is 0 Å². The third-order valence-corrected chi connectivity index (χ3v) is 4.63. The molecule has 132 valence electrons. The Morgan fingerprint density at radius 1 is 1.15 bits per heavy atom. The zero-order valence-corrected chi connectivity index (χ0v) is 15.2. The lowest BCUT2D eigenvalue weighted by molar-refractivity contribution is 0.340. The molecule has 4 aromatic rings. The van der Waals surface area contributed by atoms with Crippen molar-refractivity contribution >= 4 is 28.4 Å². The molecule has 0 aliphatic rings. The SMILES string of the molecule is CCOc1ccc(-n2ccc3c(cnc4nc(SCC)nn43)c2=O)cc1. The Labute approximate surface area is 153 Å². The van der Waals surface area contributed by atoms with Gasteiger partial charge in [0.1, 0.15) is 5.75 Å². The van der Waals surface area contributed by atoms with Crippen LogP contribution >= 0.6 is 11.8 Å². The lowest BCUT2D eigenvalue weighted by atomic mass is 10.2. The van der Waals surface area contributed by atoms with Gasteiger partial charge in [-0.15, -0.1) is 5.10 Å². The normalized spacial score (nSPS) is 11.3. The number of benzene rings is 1. The van der Waals surface area contributed by atoms with E-state index in [0.717, 1.165) is 17.2 Å². The van der Waals surface area contributed by atoms with Gasteiger partial charge in [0.15, 0.2) is 0 Å². The summed E-state index contributed by atoms with van der Waals surface area (Å²) in [6.07, 6.45) is 3.31. The Balaban J connectivity index is 1.84. The molecule has 0 amide bonds. The zero-order valence-electron chi connectivity index (χ0n) is 14.4. The molecule has 0 aliphatic carbocycles. The molecule has 0 aliphatic heterocycles. The maximum atomic E-state index is 12.9. The number of ether oxygens (including phenoxy) is 1. The quantitative estimate of drug-likeness (QED) is 0.505. The largest absolute Gasteiger partial charge is 0.494 e. The van der Waals surface area contributed by atoms with Crippen molar-refractivity contribution in [1.82, 2.24) is 24.1 Å². The fourth-order valence-corrected chi connectivity index (χ4v) is 3.31. The van der Waals surface area contributed by atoms with Crippen LogP contribution in [0.25, 0.3) is 22.4 Å². The number of nitrogens with zero attached hydrogens (tertiary/aromatic N) is 5. The molecule has 0 unspecified atom stereocenters. The summed E-state index contributed by atoms with van der Waals surface area (Å²) >= 11 is 1.54. The highest BCUT2D eigenvalue weighted by atomic mass is 32.2. The van der Waals surface area contributed by atoms with Gasteiger partial charge in [0.25, 0.3) is 11.3 Å². The Morgan fingerprint density at radius 2 is 1.96 bits per heavy atom. The fraction of sp³-hybridized carbons (Fsp3) is 0.222. The van der Waals surface area contributed by atoms with E-state index in [1.807, 2.05) is 44.2 Å². The molecular weight excluding hydrogens is 350 g/mol. The van der Waals surface area contributed by atoms with E-state index in [1.165, 1.54) is 0 Å². The summed E-state index contributed by atoms with van der Waals surface area (Å²) in [5, 5.41) is 5.60. The van der Waals surface area contributed by atoms with Crippen molar-refractivity contribution in [2.45, 2.75) is 19.0 Å². The van der Waals surface area contributed by atoms with Gasteiger partial charge in [-0.3, -0.25) is 9.36 Å². The number of pyridine rings is 1. The molecule has 0 atom stereocenters. The van der Waals surface area contributed by atoms with E-state index in [0.29, 0.717) is 28.4 Å². The monoisotopic (exact) mass is 367 g/mol. The Bertz CT molecular complexity index is 1130. The summed E-state index contributed by atoms with van der Waals surface area (Å²) in [6.45, 7) is 4.58. The van der Waals surface area contributed by atoms with Gasteiger partial charge < -0.3 is 4.74 Å². The number of hydrogen-bond donors (Lipinski definition) is 0. The molecule has 26 heavy (non-hydrogen) atoms. The summed E-state index contributed by atoms with van der Waals surface area (Å²) in [6, 6.07) is 9.27. The van der Waals surface area contributed by atoms with Crippen molar-refractivity contribution in [3.05, 3.63) is 53.1 Å². The number of hydrogen-bond acceptors (Lipinski definition) is 6. The van der Waals surface area contributed by atoms with Gasteiger partial charge in [-0.25, -0.2) is 4.98 Å². The average Bonchev–Trinajstić information content (AvgIpc) is 3.06. The molecule has 1 aromatic carbocycles. The maximum Gasteiger partial charge on any atom is 0.266 e. The van der Waals surface area contributed by atoms with Crippen molar-refractivity contribution in [3.8, 4) is 11.4 Å². The predicted octanol–water partition coefficient (Wildman–Crippen LogP) is 2.94. The van der Waals surface area contributed by atoms with E-state index < -0.39 is 0 Å². The molecule has 0 N–H and O–H groups in total. The molecule has 8 heteroatoms. The number of aromatic nitrogens is 5. The summed E-state index contributed by atoms with van der Waals surface area (Å²) in [4.78, 5) is 21.6. The minimum Gasteiger partial charge on any atom is -0.494 e. The standard InChI is InChI=1S/C18H17N5O2S/c1-3-25-13-7-5-12(6-8-13)22-10-9-15-14(16(22)24)11-19-17-20-18(26-4-2)21-23(15)17/h5-11H,3-4H2,1-2H3. The fourth-order valence-electron chi connectivity index (χ4n) is 2.76. The zero-order chi connectivity index (χ0) is 18.1. The lowest BCUT2D eigenvalue weighted by Crippen LogP contribution is -2.18. The van der Waals surface area contributed by atoms with Crippen LogP contribution in [0.3, 0.4) is 0 Å². The maximum absolute atomic E-state index is 12.9. The Morgan fingerprint density at radius 3 is 2.69 bits per heavy atom. The van der Waals surface area contributed by atoms with Crippen LogP contribution in [0.15, 0.2) is 52.7 Å². The molecule has 0 saturated heterocycles. The van der Waals surface area contributed by atoms with Gasteiger partial charge >= 0.3 is 0 Å². The second-order valence-electron chi connectivity index (χ2n) is 5.51. The second-order valence-corrected chi connectivity index (χ2v) is 6.75. The first-order valence-corrected chi connectivity index (χ1v) is 9.33. The molecule has 4 rings (SSSR count). The first kappa shape index (κ1) is 16.6. The molecule has 0 spiro atoms. The van der Waals surface area contributed by atoms with Crippen molar-refractivity contribution in [2.75, 3.05) is 12.4 Å². The first-order chi connectivity index (χ1) is 12.7. The predicted molar refractivity (Wildman–Crippen MR) is 101 cm³/mol. The highest BCUT2D eigenvalue weighted by Crippen LogP contribution is 2.18. The molecular formula is C18H17N5O2S. The minimum atomic E-state index is -0.152. The van der Waals surface area contributed by atoms with Gasteiger partial charge in [-0.1, -0.05) is 18.7 Å². The van der Waals surface area contributed by atoms with Crippen LogP contribution in [0.1, 0.15) is 13.8 Å². The Kier molecular flexibility index (Phi) is 4.34. The van der Waals surface area contributed by atoms with Crippen LogP contribution < -0.4 is 10.3 Å². The van der Waals surface area contributed by atoms with Crippen LogP contribution in [0.4, 0.5) is 0 Å². The van der Waals surface area contributed by atoms with E-state index in [-0.39, 0.29) is 5.56 Å². The topological polar surface area (TPSA) is 74.3 Å². The summed E-state index contributed by atoms with van der Waals surface area (Å²) in [7, 11) is 0. The molecule has 3 heterocycles. The summed E-state index contributed by atoms with van der Waals surface area (Å²) in [5.41, 5.74) is 1.31. The van der Waals surface area contributed by atoms with Crippen LogP contribution in [-0.2, 0) is 0 Å². The van der Waals surface area contributed by atoms with E-state index in [2.05, 4.69) is 15.1 Å². The van der Waals surface area contributed by atoms with Crippen LogP contribution in [0, 0.1) is 0 Å². The van der Waals surface area contributed by atoms with Gasteiger partial charge in [0.2, 0.25) is 5.16 Å². The summed E-state index contributed by atoms with van der Waals surface area (Å²) < 4.78 is 8.66.